The Morgan fingerprint density at radius 1 is 1.60 bits per heavy atom. The van der Waals surface area contributed by atoms with Gasteiger partial charge in [0.2, 0.25) is 5.01 Å². The molecule has 5 nitrogen and oxygen atoms in total. The molecule has 0 aromatic carbocycles. The third-order valence-electron chi connectivity index (χ3n) is 1.61. The van der Waals surface area contributed by atoms with Crippen LogP contribution in [0, 0.1) is 0 Å². The minimum atomic E-state index is -0.459. The third-order valence-corrected chi connectivity index (χ3v) is 2.63. The molecule has 1 aromatic heterocycles. The molecule has 15 heavy (non-hydrogen) atoms. The standard InChI is InChI=1S/C9H11N3O2S/c1-14-9(13)8-12-5-7(15-8)6(4-11)2-3-10/h2-5H,10-11H2,1H3/b3-2-,6-4+. The van der Waals surface area contributed by atoms with Gasteiger partial charge in [-0.05, 0) is 12.3 Å². The van der Waals surface area contributed by atoms with Crippen LogP contribution in [0.4, 0.5) is 0 Å². The number of carbonyl (C=O) groups excluding carboxylic acids is 1. The first kappa shape index (κ1) is 11.3. The van der Waals surface area contributed by atoms with Gasteiger partial charge in [-0.25, -0.2) is 9.78 Å². The topological polar surface area (TPSA) is 91.2 Å². The van der Waals surface area contributed by atoms with Gasteiger partial charge < -0.3 is 16.2 Å². The summed E-state index contributed by atoms with van der Waals surface area (Å²) in [7, 11) is 1.31. The second-order valence-electron chi connectivity index (χ2n) is 2.50. The van der Waals surface area contributed by atoms with E-state index in [1.807, 2.05) is 0 Å². The highest BCUT2D eigenvalue weighted by Crippen LogP contribution is 2.22. The Morgan fingerprint density at radius 3 is 2.87 bits per heavy atom. The van der Waals surface area contributed by atoms with E-state index in [0.717, 1.165) is 4.88 Å². The number of nitrogens with zero attached hydrogens (tertiary/aromatic N) is 1. The van der Waals surface area contributed by atoms with E-state index < -0.39 is 5.97 Å². The van der Waals surface area contributed by atoms with E-state index in [4.69, 9.17) is 11.5 Å². The van der Waals surface area contributed by atoms with Gasteiger partial charge in [-0.3, -0.25) is 0 Å². The number of hydrogen-bond acceptors (Lipinski definition) is 6. The van der Waals surface area contributed by atoms with E-state index in [2.05, 4.69) is 9.72 Å². The number of thiazole rings is 1. The minimum Gasteiger partial charge on any atom is -0.464 e. The van der Waals surface area contributed by atoms with Crippen LogP contribution in [-0.4, -0.2) is 18.1 Å². The highest BCUT2D eigenvalue weighted by atomic mass is 32.1. The Bertz CT molecular complexity index is 409. The lowest BCUT2D eigenvalue weighted by molar-refractivity contribution is 0.0600. The normalized spacial score (nSPS) is 11.9. The molecular weight excluding hydrogens is 214 g/mol. The van der Waals surface area contributed by atoms with E-state index >= 15 is 0 Å². The summed E-state index contributed by atoms with van der Waals surface area (Å²) in [5.74, 6) is -0.459. The monoisotopic (exact) mass is 225 g/mol. The molecule has 0 atom stereocenters. The van der Waals surface area contributed by atoms with Gasteiger partial charge in [-0.2, -0.15) is 0 Å². The first-order valence-corrected chi connectivity index (χ1v) is 4.89. The largest absolute Gasteiger partial charge is 0.464 e. The molecule has 4 N–H and O–H groups in total. The van der Waals surface area contributed by atoms with Crippen LogP contribution in [0.5, 0.6) is 0 Å². The van der Waals surface area contributed by atoms with Gasteiger partial charge in [-0.1, -0.05) is 0 Å². The first-order valence-electron chi connectivity index (χ1n) is 4.07. The average Bonchev–Trinajstić information content (AvgIpc) is 2.73. The molecule has 0 fully saturated rings. The van der Waals surface area contributed by atoms with Crippen molar-refractivity contribution in [2.45, 2.75) is 0 Å². The molecule has 0 saturated heterocycles. The molecular formula is C9H11N3O2S. The van der Waals surface area contributed by atoms with Crippen LogP contribution in [0.2, 0.25) is 0 Å². The predicted molar refractivity (Wildman–Crippen MR) is 58.9 cm³/mol. The summed E-state index contributed by atoms with van der Waals surface area (Å²) >= 11 is 1.20. The number of allylic oxidation sites excluding steroid dienone is 2. The zero-order valence-corrected chi connectivity index (χ0v) is 8.95. The Labute approximate surface area is 91.1 Å². The summed E-state index contributed by atoms with van der Waals surface area (Å²) in [6, 6.07) is 0. The SMILES string of the molecule is COC(=O)c1ncc(C(/C=C\N)=C/N)s1. The summed E-state index contributed by atoms with van der Waals surface area (Å²) in [6.07, 6.45) is 5.96. The van der Waals surface area contributed by atoms with Gasteiger partial charge in [-0.15, -0.1) is 11.3 Å². The van der Waals surface area contributed by atoms with Crippen molar-refractivity contribution in [3.8, 4) is 0 Å². The molecule has 0 saturated carbocycles. The number of nitrogens with two attached hydrogens (primary N) is 2. The summed E-state index contributed by atoms with van der Waals surface area (Å²) in [5, 5.41) is 0.289. The molecule has 1 rings (SSSR count). The molecule has 0 aliphatic carbocycles. The molecule has 1 heterocycles. The summed E-state index contributed by atoms with van der Waals surface area (Å²) in [4.78, 5) is 15.8. The van der Waals surface area contributed by atoms with Crippen molar-refractivity contribution in [1.29, 1.82) is 0 Å². The molecule has 0 amide bonds. The maximum atomic E-state index is 11.1. The van der Waals surface area contributed by atoms with Crippen molar-refractivity contribution in [1.82, 2.24) is 4.98 Å². The van der Waals surface area contributed by atoms with E-state index in [-0.39, 0.29) is 5.01 Å². The number of esters is 1. The van der Waals surface area contributed by atoms with Crippen LogP contribution in [0.25, 0.3) is 5.57 Å². The molecule has 0 aliphatic heterocycles. The quantitative estimate of drug-likeness (QED) is 0.583. The van der Waals surface area contributed by atoms with Gasteiger partial charge in [0.05, 0.1) is 12.0 Å². The van der Waals surface area contributed by atoms with E-state index in [1.54, 1.807) is 12.3 Å². The van der Waals surface area contributed by atoms with E-state index in [9.17, 15) is 4.79 Å². The molecule has 0 unspecified atom stereocenters. The van der Waals surface area contributed by atoms with Gasteiger partial charge >= 0.3 is 5.97 Å². The number of ether oxygens (including phenoxy) is 1. The molecule has 80 valence electrons. The molecule has 1 aromatic rings. The van der Waals surface area contributed by atoms with Crippen LogP contribution >= 0.6 is 11.3 Å². The zero-order valence-electron chi connectivity index (χ0n) is 8.14. The van der Waals surface area contributed by atoms with Crippen LogP contribution < -0.4 is 11.5 Å². The lowest BCUT2D eigenvalue weighted by Gasteiger charge is -1.94. The summed E-state index contributed by atoms with van der Waals surface area (Å²) < 4.78 is 4.54. The van der Waals surface area contributed by atoms with Crippen molar-refractivity contribution in [2.75, 3.05) is 7.11 Å². The van der Waals surface area contributed by atoms with Crippen LogP contribution in [0.15, 0.2) is 24.7 Å². The average molecular weight is 225 g/mol. The third kappa shape index (κ3) is 2.57. The lowest BCUT2D eigenvalue weighted by atomic mass is 10.2. The Hall–Kier alpha value is -1.82. The van der Waals surface area contributed by atoms with Gasteiger partial charge in [0.25, 0.3) is 0 Å². The second-order valence-corrected chi connectivity index (χ2v) is 3.53. The zero-order chi connectivity index (χ0) is 11.3. The van der Waals surface area contributed by atoms with E-state index in [0.29, 0.717) is 5.57 Å². The number of rotatable bonds is 3. The smallest absolute Gasteiger partial charge is 0.367 e. The first-order chi connectivity index (χ1) is 7.22. The maximum absolute atomic E-state index is 11.1. The van der Waals surface area contributed by atoms with E-state index in [1.165, 1.54) is 30.8 Å². The Balaban J connectivity index is 2.97. The highest BCUT2D eigenvalue weighted by Gasteiger charge is 2.11. The Kier molecular flexibility index (Phi) is 3.87. The van der Waals surface area contributed by atoms with Crippen molar-refractivity contribution in [3.05, 3.63) is 34.6 Å². The number of aromatic nitrogens is 1. The second kappa shape index (κ2) is 5.16. The van der Waals surface area contributed by atoms with Crippen LogP contribution in [-0.2, 0) is 4.74 Å². The van der Waals surface area contributed by atoms with Crippen molar-refractivity contribution in [3.63, 3.8) is 0 Å². The van der Waals surface area contributed by atoms with Crippen LogP contribution in [0.1, 0.15) is 14.7 Å². The fourth-order valence-corrected chi connectivity index (χ4v) is 1.75. The lowest BCUT2D eigenvalue weighted by Crippen LogP contribution is -1.98. The summed E-state index contributed by atoms with van der Waals surface area (Å²) in [5.41, 5.74) is 11.4. The molecule has 0 spiro atoms. The minimum absolute atomic E-state index is 0.289. The molecule has 6 heteroatoms. The van der Waals surface area contributed by atoms with Crippen molar-refractivity contribution >= 4 is 22.9 Å². The fraction of sp³-hybridized carbons (Fsp3) is 0.111. The number of methoxy groups -OCH3 is 1. The maximum Gasteiger partial charge on any atom is 0.367 e. The van der Waals surface area contributed by atoms with Gasteiger partial charge in [0, 0.05) is 18.0 Å². The number of hydrogen-bond donors (Lipinski definition) is 2. The highest BCUT2D eigenvalue weighted by molar-refractivity contribution is 7.14. The number of carbonyl (C=O) groups is 1. The Morgan fingerprint density at radius 2 is 2.33 bits per heavy atom. The summed E-state index contributed by atoms with van der Waals surface area (Å²) in [6.45, 7) is 0. The predicted octanol–water partition coefficient (Wildman–Crippen LogP) is 0.702. The van der Waals surface area contributed by atoms with Crippen LogP contribution in [0.3, 0.4) is 0 Å². The van der Waals surface area contributed by atoms with Crippen molar-refractivity contribution < 1.29 is 9.53 Å². The molecule has 0 aliphatic rings. The molecule has 0 radical (unpaired) electrons. The fourth-order valence-electron chi connectivity index (χ4n) is 0.913. The van der Waals surface area contributed by atoms with Crippen molar-refractivity contribution in [2.24, 2.45) is 11.5 Å². The van der Waals surface area contributed by atoms with Gasteiger partial charge in [0.15, 0.2) is 0 Å². The van der Waals surface area contributed by atoms with Gasteiger partial charge in [0.1, 0.15) is 0 Å². The molecule has 0 bridgehead atoms.